The highest BCUT2D eigenvalue weighted by molar-refractivity contribution is 5.88. The fraction of sp³-hybridized carbons (Fsp3) is 0.133. The number of carbonyl (C=O) groups is 1. The van der Waals surface area contributed by atoms with Gasteiger partial charge in [0.2, 0.25) is 5.76 Å². The van der Waals surface area contributed by atoms with Crippen LogP contribution in [0.5, 0.6) is 0 Å². The second kappa shape index (κ2) is 6.51. The molecule has 2 aromatic rings. The van der Waals surface area contributed by atoms with Crippen molar-refractivity contribution in [3.05, 3.63) is 59.2 Å². The Morgan fingerprint density at radius 2 is 1.67 bits per heavy atom. The Bertz CT molecular complexity index is 649. The predicted molar refractivity (Wildman–Crippen MR) is 78.5 cm³/mol. The average Bonchev–Trinajstić information content (AvgIpc) is 2.48. The van der Waals surface area contributed by atoms with Crippen LogP contribution in [-0.2, 0) is 17.6 Å². The molecule has 0 aromatic carbocycles. The molecule has 0 saturated carbocycles. The Balaban J connectivity index is 1.98. The Labute approximate surface area is 121 Å². The number of nitrogen functional groups attached to an aromatic ring is 1. The normalized spacial score (nSPS) is 11.3. The lowest BCUT2D eigenvalue weighted by molar-refractivity contribution is -0.135. The number of carboxylic acid groups (broad SMARTS) is 1. The molecule has 0 unspecified atom stereocenters. The van der Waals surface area contributed by atoms with E-state index in [1.54, 1.807) is 24.5 Å². The molecule has 2 rings (SSSR count). The van der Waals surface area contributed by atoms with E-state index in [0.717, 1.165) is 30.0 Å². The summed E-state index contributed by atoms with van der Waals surface area (Å²) in [6.45, 7) is 0. The van der Waals surface area contributed by atoms with Crippen molar-refractivity contribution in [2.75, 3.05) is 5.73 Å². The Hall–Kier alpha value is -2.89. The van der Waals surface area contributed by atoms with Crippen LogP contribution in [-0.4, -0.2) is 26.2 Å². The number of aliphatic hydroxyl groups is 1. The number of rotatable bonds is 5. The van der Waals surface area contributed by atoms with Gasteiger partial charge in [-0.25, -0.2) is 9.78 Å². The van der Waals surface area contributed by atoms with E-state index >= 15 is 0 Å². The third-order valence-corrected chi connectivity index (χ3v) is 2.90. The summed E-state index contributed by atoms with van der Waals surface area (Å²) in [4.78, 5) is 18.6. The van der Waals surface area contributed by atoms with Gasteiger partial charge in [-0.1, -0.05) is 12.1 Å². The number of aromatic nitrogens is 2. The van der Waals surface area contributed by atoms with Crippen LogP contribution in [0.1, 0.15) is 16.8 Å². The molecule has 0 radical (unpaired) electrons. The lowest BCUT2D eigenvalue weighted by Crippen LogP contribution is -1.99. The maximum Gasteiger partial charge on any atom is 0.371 e. The zero-order valence-corrected chi connectivity index (χ0v) is 11.2. The monoisotopic (exact) mass is 285 g/mol. The first kappa shape index (κ1) is 14.5. The van der Waals surface area contributed by atoms with E-state index in [1.165, 1.54) is 0 Å². The van der Waals surface area contributed by atoms with Crippen LogP contribution in [0.2, 0.25) is 0 Å². The van der Waals surface area contributed by atoms with Crippen molar-refractivity contribution >= 4 is 17.9 Å². The van der Waals surface area contributed by atoms with Crippen molar-refractivity contribution in [1.82, 2.24) is 9.97 Å². The Morgan fingerprint density at radius 1 is 1.05 bits per heavy atom. The van der Waals surface area contributed by atoms with Crippen LogP contribution >= 0.6 is 0 Å². The van der Waals surface area contributed by atoms with Crippen molar-refractivity contribution in [3.8, 4) is 0 Å². The number of aliphatic hydroxyl groups excluding tert-OH is 1. The largest absolute Gasteiger partial charge is 0.502 e. The Morgan fingerprint density at radius 3 is 2.14 bits per heavy atom. The number of nitrogens with two attached hydrogens (primary N) is 1. The van der Waals surface area contributed by atoms with Crippen molar-refractivity contribution in [1.29, 1.82) is 0 Å². The minimum Gasteiger partial charge on any atom is -0.502 e. The summed E-state index contributed by atoms with van der Waals surface area (Å²) in [6, 6.07) is 7.20. The van der Waals surface area contributed by atoms with E-state index < -0.39 is 11.7 Å². The zero-order valence-electron chi connectivity index (χ0n) is 11.2. The lowest BCUT2D eigenvalue weighted by atomic mass is 10.1. The van der Waals surface area contributed by atoms with Gasteiger partial charge in [-0.05, 0) is 36.1 Å². The van der Waals surface area contributed by atoms with Crippen molar-refractivity contribution in [2.24, 2.45) is 0 Å². The fourth-order valence-corrected chi connectivity index (χ4v) is 1.74. The van der Waals surface area contributed by atoms with E-state index in [4.69, 9.17) is 15.9 Å². The molecule has 0 atom stereocenters. The molecule has 6 heteroatoms. The molecular weight excluding hydrogens is 270 g/mol. The molecule has 2 aromatic heterocycles. The van der Waals surface area contributed by atoms with E-state index in [2.05, 4.69) is 9.97 Å². The highest BCUT2D eigenvalue weighted by Gasteiger charge is 2.04. The van der Waals surface area contributed by atoms with E-state index in [0.29, 0.717) is 11.5 Å². The molecule has 6 nitrogen and oxygen atoms in total. The quantitative estimate of drug-likeness (QED) is 0.571. The third kappa shape index (κ3) is 4.31. The van der Waals surface area contributed by atoms with Gasteiger partial charge in [0.25, 0.3) is 0 Å². The number of nitrogens with zero attached hydrogens (tertiary/aromatic N) is 2. The smallest absolute Gasteiger partial charge is 0.371 e. The van der Waals surface area contributed by atoms with Gasteiger partial charge in [-0.3, -0.25) is 4.98 Å². The molecule has 0 fully saturated rings. The van der Waals surface area contributed by atoms with Gasteiger partial charge in [-0.15, -0.1) is 0 Å². The van der Waals surface area contributed by atoms with Crippen LogP contribution in [0.15, 0.2) is 42.4 Å². The number of hydrogen-bond donors (Lipinski definition) is 3. The summed E-state index contributed by atoms with van der Waals surface area (Å²) in [5.74, 6) is -1.62. The summed E-state index contributed by atoms with van der Waals surface area (Å²) in [7, 11) is 0. The van der Waals surface area contributed by atoms with E-state index in [9.17, 15) is 4.79 Å². The summed E-state index contributed by atoms with van der Waals surface area (Å²) in [5, 5.41) is 17.7. The second-order valence-corrected chi connectivity index (χ2v) is 4.52. The van der Waals surface area contributed by atoms with Gasteiger partial charge in [0, 0.05) is 18.5 Å². The van der Waals surface area contributed by atoms with Crippen molar-refractivity contribution < 1.29 is 15.0 Å². The van der Waals surface area contributed by atoms with E-state index in [-0.39, 0.29) is 0 Å². The van der Waals surface area contributed by atoms with Gasteiger partial charge < -0.3 is 15.9 Å². The summed E-state index contributed by atoms with van der Waals surface area (Å²) < 4.78 is 0. The number of anilines is 1. The molecule has 0 amide bonds. The molecule has 0 saturated heterocycles. The van der Waals surface area contributed by atoms with Gasteiger partial charge in [0.15, 0.2) is 0 Å². The van der Waals surface area contributed by atoms with Crippen LogP contribution in [0.25, 0.3) is 6.08 Å². The number of hydrogen-bond acceptors (Lipinski definition) is 5. The van der Waals surface area contributed by atoms with E-state index in [1.807, 2.05) is 12.1 Å². The summed E-state index contributed by atoms with van der Waals surface area (Å²) in [6.07, 6.45) is 6.10. The predicted octanol–water partition coefficient (Wildman–Crippen LogP) is 1.83. The molecule has 0 spiro atoms. The van der Waals surface area contributed by atoms with Gasteiger partial charge in [0.1, 0.15) is 5.82 Å². The SMILES string of the molecule is Nc1ccc(CCc2ccc(/C=C(\O)C(=O)O)nc2)cn1. The van der Waals surface area contributed by atoms with Crippen LogP contribution in [0.3, 0.4) is 0 Å². The number of aryl methyl sites for hydroxylation is 2. The maximum absolute atomic E-state index is 10.5. The van der Waals surface area contributed by atoms with Gasteiger partial charge in [0.05, 0.1) is 5.69 Å². The summed E-state index contributed by atoms with van der Waals surface area (Å²) >= 11 is 0. The number of carboxylic acids is 1. The van der Waals surface area contributed by atoms with Crippen LogP contribution in [0.4, 0.5) is 5.82 Å². The molecule has 2 heterocycles. The zero-order chi connectivity index (χ0) is 15.2. The molecule has 0 aliphatic rings. The standard InChI is InChI=1S/C15H15N3O3/c16-14-6-4-11(9-18-14)2-1-10-3-5-12(17-8-10)7-13(19)15(20)21/h3-9,19H,1-2H2,(H2,16,18)(H,20,21)/b13-7-. The molecule has 108 valence electrons. The minimum absolute atomic E-state index is 0.396. The highest BCUT2D eigenvalue weighted by Crippen LogP contribution is 2.09. The fourth-order valence-electron chi connectivity index (χ4n) is 1.74. The first-order valence-corrected chi connectivity index (χ1v) is 6.34. The third-order valence-electron chi connectivity index (χ3n) is 2.90. The van der Waals surface area contributed by atoms with Crippen molar-refractivity contribution in [2.45, 2.75) is 12.8 Å². The minimum atomic E-state index is -1.38. The topological polar surface area (TPSA) is 109 Å². The first-order valence-electron chi connectivity index (χ1n) is 6.34. The van der Waals surface area contributed by atoms with Gasteiger partial charge in [-0.2, -0.15) is 0 Å². The molecular formula is C15H15N3O3. The lowest BCUT2D eigenvalue weighted by Gasteiger charge is -2.03. The molecule has 0 bridgehead atoms. The summed E-state index contributed by atoms with van der Waals surface area (Å²) in [5.41, 5.74) is 8.01. The number of pyridine rings is 2. The first-order chi connectivity index (χ1) is 10.0. The number of aliphatic carboxylic acids is 1. The molecule has 4 N–H and O–H groups in total. The molecule has 0 aliphatic heterocycles. The Kier molecular flexibility index (Phi) is 4.50. The van der Waals surface area contributed by atoms with Crippen LogP contribution < -0.4 is 5.73 Å². The molecule has 0 aliphatic carbocycles. The average molecular weight is 285 g/mol. The second-order valence-electron chi connectivity index (χ2n) is 4.52. The highest BCUT2D eigenvalue weighted by atomic mass is 16.4. The maximum atomic E-state index is 10.5. The molecule has 21 heavy (non-hydrogen) atoms. The van der Waals surface area contributed by atoms with Gasteiger partial charge >= 0.3 is 5.97 Å². The van der Waals surface area contributed by atoms with Crippen molar-refractivity contribution in [3.63, 3.8) is 0 Å². The van der Waals surface area contributed by atoms with Crippen LogP contribution in [0, 0.1) is 0 Å².